The summed E-state index contributed by atoms with van der Waals surface area (Å²) in [5.74, 6) is 0.450. The Labute approximate surface area is 220 Å². The average molecular weight is 515 g/mol. The summed E-state index contributed by atoms with van der Waals surface area (Å²) in [6.45, 7) is 11.7. The molecular weight excluding hydrogens is 477 g/mol. The Bertz CT molecular complexity index is 1030. The second-order valence-corrected chi connectivity index (χ2v) is 10.8. The smallest absolute Gasteiger partial charge is 0.0783 e. The zero-order valence-corrected chi connectivity index (χ0v) is 22.4. The number of nitrogens with zero attached hydrogens (tertiary/aromatic N) is 2. The van der Waals surface area contributed by atoms with E-state index in [2.05, 4.69) is 65.5 Å². The van der Waals surface area contributed by atoms with Crippen LogP contribution < -0.4 is 5.48 Å². The molecule has 1 aliphatic carbocycles. The van der Waals surface area contributed by atoms with Crippen LogP contribution in [0.25, 0.3) is 6.08 Å². The number of halogens is 2. The first kappa shape index (κ1) is 26.2. The molecule has 0 aromatic heterocycles. The summed E-state index contributed by atoms with van der Waals surface area (Å²) in [6, 6.07) is 16.4. The van der Waals surface area contributed by atoms with Gasteiger partial charge in [-0.25, -0.2) is 0 Å². The van der Waals surface area contributed by atoms with E-state index in [4.69, 9.17) is 28.0 Å². The Morgan fingerprint density at radius 1 is 1.00 bits per heavy atom. The summed E-state index contributed by atoms with van der Waals surface area (Å²) < 4.78 is 0. The predicted octanol–water partition coefficient (Wildman–Crippen LogP) is 6.81. The largest absolute Gasteiger partial charge is 0.300 e. The van der Waals surface area contributed by atoms with Gasteiger partial charge in [0.25, 0.3) is 0 Å². The fourth-order valence-corrected chi connectivity index (χ4v) is 5.36. The summed E-state index contributed by atoms with van der Waals surface area (Å²) >= 11 is 12.5. The van der Waals surface area contributed by atoms with Crippen molar-refractivity contribution in [1.82, 2.24) is 15.3 Å². The normalized spacial score (nSPS) is 19.8. The standard InChI is InChI=1S/C29H37Cl2N3O/c1-22(19-33-13-15-34(16-14-33)20-24-8-4-3-5-9-24)21-35-32-29-23(2)7-6-10-26(29)17-25-11-12-27(30)18-28(25)31/h3-5,8-9,11-12,17-18,22,32H,6-7,10,13-16,19-21H2,1-2H3/t22-/m1/s1. The molecule has 1 atom stereocenters. The molecule has 4 nitrogen and oxygen atoms in total. The lowest BCUT2D eigenvalue weighted by Gasteiger charge is -2.36. The highest BCUT2D eigenvalue weighted by Crippen LogP contribution is 2.31. The monoisotopic (exact) mass is 513 g/mol. The number of nitrogens with one attached hydrogen (secondary N) is 1. The van der Waals surface area contributed by atoms with E-state index in [1.54, 1.807) is 6.07 Å². The Balaban J connectivity index is 1.23. The molecule has 2 aromatic carbocycles. The molecule has 6 heteroatoms. The van der Waals surface area contributed by atoms with Crippen LogP contribution in [0.2, 0.25) is 10.0 Å². The van der Waals surface area contributed by atoms with Crippen molar-refractivity contribution in [3.63, 3.8) is 0 Å². The molecule has 1 aliphatic heterocycles. The van der Waals surface area contributed by atoms with Gasteiger partial charge in [0.05, 0.1) is 12.3 Å². The third kappa shape index (κ3) is 7.83. The Morgan fingerprint density at radius 3 is 2.49 bits per heavy atom. The van der Waals surface area contributed by atoms with Crippen LogP contribution in [-0.4, -0.2) is 49.1 Å². The van der Waals surface area contributed by atoms with Crippen molar-refractivity contribution in [2.45, 2.75) is 39.7 Å². The van der Waals surface area contributed by atoms with Crippen molar-refractivity contribution < 1.29 is 4.84 Å². The van der Waals surface area contributed by atoms with Crippen LogP contribution in [0.4, 0.5) is 0 Å². The van der Waals surface area contributed by atoms with Gasteiger partial charge < -0.3 is 4.90 Å². The third-order valence-electron chi connectivity index (χ3n) is 6.86. The minimum Gasteiger partial charge on any atom is -0.300 e. The van der Waals surface area contributed by atoms with Crippen molar-refractivity contribution >= 4 is 29.3 Å². The fraction of sp³-hybridized carbons (Fsp3) is 0.448. The van der Waals surface area contributed by atoms with Crippen LogP contribution in [0, 0.1) is 5.92 Å². The van der Waals surface area contributed by atoms with Crippen LogP contribution in [0.15, 0.2) is 65.4 Å². The summed E-state index contributed by atoms with van der Waals surface area (Å²) in [5, 5.41) is 1.33. The number of hydrogen-bond acceptors (Lipinski definition) is 4. The first-order valence-electron chi connectivity index (χ1n) is 12.7. The minimum atomic E-state index is 0.450. The van der Waals surface area contributed by atoms with Gasteiger partial charge in [-0.1, -0.05) is 66.5 Å². The molecular formula is C29H37Cl2N3O. The van der Waals surface area contributed by atoms with Gasteiger partial charge in [-0.05, 0) is 72.6 Å². The minimum absolute atomic E-state index is 0.450. The van der Waals surface area contributed by atoms with Gasteiger partial charge >= 0.3 is 0 Å². The molecule has 188 valence electrons. The highest BCUT2D eigenvalue weighted by atomic mass is 35.5. The van der Waals surface area contributed by atoms with Crippen LogP contribution in [0.1, 0.15) is 44.2 Å². The van der Waals surface area contributed by atoms with Crippen LogP contribution in [-0.2, 0) is 11.4 Å². The summed E-state index contributed by atoms with van der Waals surface area (Å²) in [4.78, 5) is 11.1. The first-order valence-corrected chi connectivity index (χ1v) is 13.5. The van der Waals surface area contributed by atoms with Crippen molar-refractivity contribution in [2.75, 3.05) is 39.3 Å². The lowest BCUT2D eigenvalue weighted by atomic mass is 9.91. The summed E-state index contributed by atoms with van der Waals surface area (Å²) in [6.07, 6.45) is 5.39. The molecule has 0 radical (unpaired) electrons. The van der Waals surface area contributed by atoms with E-state index in [9.17, 15) is 0 Å². The second kappa shape index (κ2) is 12.9. The molecule has 0 amide bonds. The van der Waals surface area contributed by atoms with Gasteiger partial charge in [0, 0.05) is 49.3 Å². The zero-order chi connectivity index (χ0) is 24.6. The lowest BCUT2D eigenvalue weighted by molar-refractivity contribution is 0.0244. The van der Waals surface area contributed by atoms with Crippen LogP contribution >= 0.6 is 23.2 Å². The van der Waals surface area contributed by atoms with Crippen molar-refractivity contribution in [2.24, 2.45) is 5.92 Å². The topological polar surface area (TPSA) is 27.7 Å². The Hall–Kier alpha value is -1.82. The molecule has 1 N–H and O–H groups in total. The molecule has 0 unspecified atom stereocenters. The Kier molecular flexibility index (Phi) is 9.70. The molecule has 0 bridgehead atoms. The predicted molar refractivity (Wildman–Crippen MR) is 147 cm³/mol. The molecule has 2 aliphatic rings. The maximum Gasteiger partial charge on any atom is 0.0783 e. The number of benzene rings is 2. The summed E-state index contributed by atoms with van der Waals surface area (Å²) in [7, 11) is 0. The van der Waals surface area contributed by atoms with Gasteiger partial charge in [0.2, 0.25) is 0 Å². The van der Waals surface area contributed by atoms with Gasteiger partial charge in [-0.3, -0.25) is 15.2 Å². The number of allylic oxidation sites excluding steroid dienone is 2. The Morgan fingerprint density at radius 2 is 1.74 bits per heavy atom. The maximum absolute atomic E-state index is 6.42. The number of rotatable bonds is 9. The number of hydroxylamine groups is 1. The molecule has 0 saturated carbocycles. The van der Waals surface area contributed by atoms with E-state index in [0.717, 1.165) is 69.8 Å². The molecule has 2 aromatic rings. The van der Waals surface area contributed by atoms with Gasteiger partial charge in [0.1, 0.15) is 0 Å². The van der Waals surface area contributed by atoms with E-state index in [0.29, 0.717) is 22.6 Å². The zero-order valence-electron chi connectivity index (χ0n) is 20.9. The average Bonchev–Trinajstić information content (AvgIpc) is 2.84. The SMILES string of the molecule is CC1=C(NOC[C@H](C)CN2CCN(Cc3ccccc3)CC2)C(=Cc2ccc(Cl)cc2Cl)CCC1. The molecule has 1 fully saturated rings. The lowest BCUT2D eigenvalue weighted by Crippen LogP contribution is -2.47. The van der Waals surface area contributed by atoms with Crippen LogP contribution in [0.3, 0.4) is 0 Å². The molecule has 4 rings (SSSR count). The van der Waals surface area contributed by atoms with E-state index in [-0.39, 0.29) is 0 Å². The molecule has 1 heterocycles. The van der Waals surface area contributed by atoms with Crippen molar-refractivity contribution in [3.8, 4) is 0 Å². The third-order valence-corrected chi connectivity index (χ3v) is 7.43. The first-order chi connectivity index (χ1) is 17.0. The molecule has 35 heavy (non-hydrogen) atoms. The van der Waals surface area contributed by atoms with Crippen molar-refractivity contribution in [1.29, 1.82) is 0 Å². The highest BCUT2D eigenvalue weighted by molar-refractivity contribution is 6.35. The number of hydrogen-bond donors (Lipinski definition) is 1. The van der Waals surface area contributed by atoms with E-state index in [1.165, 1.54) is 16.7 Å². The summed E-state index contributed by atoms with van der Waals surface area (Å²) in [5.41, 5.74) is 9.34. The second-order valence-electron chi connectivity index (χ2n) is 9.92. The van der Waals surface area contributed by atoms with E-state index in [1.807, 2.05) is 12.1 Å². The maximum atomic E-state index is 6.42. The van der Waals surface area contributed by atoms with E-state index < -0.39 is 0 Å². The van der Waals surface area contributed by atoms with Gasteiger partial charge in [-0.2, -0.15) is 0 Å². The van der Waals surface area contributed by atoms with Gasteiger partial charge in [-0.15, -0.1) is 0 Å². The quantitative estimate of drug-likeness (QED) is 0.372. The molecule has 0 spiro atoms. The highest BCUT2D eigenvalue weighted by Gasteiger charge is 2.20. The van der Waals surface area contributed by atoms with Crippen LogP contribution in [0.5, 0.6) is 0 Å². The molecule has 1 saturated heterocycles. The number of piperazine rings is 1. The van der Waals surface area contributed by atoms with E-state index >= 15 is 0 Å². The van der Waals surface area contributed by atoms with Gasteiger partial charge in [0.15, 0.2) is 0 Å². The van der Waals surface area contributed by atoms with Crippen molar-refractivity contribution in [3.05, 3.63) is 86.5 Å². The fourth-order valence-electron chi connectivity index (χ4n) is 4.89.